The fourth-order valence-corrected chi connectivity index (χ4v) is 1.50. The van der Waals surface area contributed by atoms with Gasteiger partial charge in [0.1, 0.15) is 0 Å². The molecule has 100 valence electrons. The van der Waals surface area contributed by atoms with Gasteiger partial charge >= 0.3 is 5.97 Å². The van der Waals surface area contributed by atoms with Crippen LogP contribution in [0.5, 0.6) is 0 Å². The lowest BCUT2D eigenvalue weighted by Gasteiger charge is -2.22. The number of nitrogens with zero attached hydrogens (tertiary/aromatic N) is 3. The second-order valence-electron chi connectivity index (χ2n) is 4.98. The van der Waals surface area contributed by atoms with E-state index < -0.39 is 5.41 Å². The maximum absolute atomic E-state index is 11.9. The molecule has 0 aliphatic heterocycles. The molecule has 1 aromatic heterocycles. The van der Waals surface area contributed by atoms with Crippen molar-refractivity contribution in [3.63, 3.8) is 0 Å². The Balaban J connectivity index is 3.00. The predicted molar refractivity (Wildman–Crippen MR) is 68.6 cm³/mol. The number of hydrogen-bond acceptors (Lipinski definition) is 5. The standard InChI is InChI=1S/C12H19N3O3/c1-12(2,11(17)18-5)8-15-10(16)6-9(7-13-15)14(3)4/h6-7H,8H2,1-5H3. The molecule has 1 heterocycles. The van der Waals surface area contributed by atoms with Gasteiger partial charge in [0.05, 0.1) is 31.0 Å². The Labute approximate surface area is 106 Å². The monoisotopic (exact) mass is 253 g/mol. The van der Waals surface area contributed by atoms with Crippen LogP contribution in [-0.2, 0) is 16.1 Å². The Bertz CT molecular complexity index is 492. The van der Waals surface area contributed by atoms with Crippen LogP contribution in [-0.4, -0.2) is 37.0 Å². The Morgan fingerprint density at radius 1 is 1.50 bits per heavy atom. The van der Waals surface area contributed by atoms with Crippen molar-refractivity contribution in [2.75, 3.05) is 26.1 Å². The van der Waals surface area contributed by atoms with Crippen molar-refractivity contribution in [1.29, 1.82) is 0 Å². The number of carbonyl (C=O) groups is 1. The van der Waals surface area contributed by atoms with Crippen LogP contribution >= 0.6 is 0 Å². The van der Waals surface area contributed by atoms with Crippen LogP contribution in [0.1, 0.15) is 13.8 Å². The predicted octanol–water partition coefficient (Wildman–Crippen LogP) is 0.509. The van der Waals surface area contributed by atoms with E-state index in [2.05, 4.69) is 5.10 Å². The first-order chi connectivity index (χ1) is 8.27. The molecule has 0 aliphatic rings. The SMILES string of the molecule is COC(=O)C(C)(C)Cn1ncc(N(C)C)cc1=O. The van der Waals surface area contributed by atoms with E-state index in [1.165, 1.54) is 17.9 Å². The van der Waals surface area contributed by atoms with Crippen molar-refractivity contribution < 1.29 is 9.53 Å². The van der Waals surface area contributed by atoms with Crippen LogP contribution in [0.4, 0.5) is 5.69 Å². The zero-order chi connectivity index (χ0) is 13.9. The number of esters is 1. The van der Waals surface area contributed by atoms with Crippen molar-refractivity contribution in [1.82, 2.24) is 9.78 Å². The van der Waals surface area contributed by atoms with Crippen LogP contribution in [0.15, 0.2) is 17.1 Å². The number of ether oxygens (including phenoxy) is 1. The normalized spacial score (nSPS) is 11.2. The molecule has 1 rings (SSSR count). The maximum atomic E-state index is 11.9. The second kappa shape index (κ2) is 5.20. The zero-order valence-electron chi connectivity index (χ0n) is 11.4. The number of methoxy groups -OCH3 is 1. The van der Waals surface area contributed by atoms with E-state index >= 15 is 0 Å². The number of anilines is 1. The van der Waals surface area contributed by atoms with Gasteiger partial charge in [-0.15, -0.1) is 0 Å². The summed E-state index contributed by atoms with van der Waals surface area (Å²) in [5.41, 5.74) is -0.295. The van der Waals surface area contributed by atoms with E-state index in [-0.39, 0.29) is 18.1 Å². The van der Waals surface area contributed by atoms with Crippen molar-refractivity contribution in [3.8, 4) is 0 Å². The van der Waals surface area contributed by atoms with Crippen molar-refractivity contribution in [3.05, 3.63) is 22.6 Å². The number of carbonyl (C=O) groups excluding carboxylic acids is 1. The molecule has 0 unspecified atom stereocenters. The van der Waals surface area contributed by atoms with Crippen molar-refractivity contribution in [2.45, 2.75) is 20.4 Å². The lowest BCUT2D eigenvalue weighted by atomic mass is 9.94. The Morgan fingerprint density at radius 3 is 2.56 bits per heavy atom. The molecular weight excluding hydrogens is 234 g/mol. The molecule has 0 atom stereocenters. The summed E-state index contributed by atoms with van der Waals surface area (Å²) in [5, 5.41) is 4.06. The first-order valence-electron chi connectivity index (χ1n) is 5.61. The van der Waals surface area contributed by atoms with Crippen LogP contribution in [0.25, 0.3) is 0 Å². The highest BCUT2D eigenvalue weighted by Crippen LogP contribution is 2.18. The van der Waals surface area contributed by atoms with Crippen molar-refractivity contribution in [2.24, 2.45) is 5.41 Å². The van der Waals surface area contributed by atoms with Crippen molar-refractivity contribution >= 4 is 11.7 Å². The average molecular weight is 253 g/mol. The molecule has 0 spiro atoms. The summed E-state index contributed by atoms with van der Waals surface area (Å²) >= 11 is 0. The van der Waals surface area contributed by atoms with E-state index in [9.17, 15) is 9.59 Å². The van der Waals surface area contributed by atoms with Gasteiger partial charge in [0.15, 0.2) is 0 Å². The zero-order valence-corrected chi connectivity index (χ0v) is 11.4. The van der Waals surface area contributed by atoms with Gasteiger partial charge in [-0.25, -0.2) is 4.68 Å². The van der Waals surface area contributed by atoms with E-state index in [4.69, 9.17) is 4.74 Å². The van der Waals surface area contributed by atoms with Gasteiger partial charge in [-0.1, -0.05) is 0 Å². The largest absolute Gasteiger partial charge is 0.469 e. The number of hydrogen-bond donors (Lipinski definition) is 0. The molecule has 0 bridgehead atoms. The smallest absolute Gasteiger partial charge is 0.313 e. The van der Waals surface area contributed by atoms with E-state index in [0.29, 0.717) is 0 Å². The molecule has 1 aromatic rings. The lowest BCUT2D eigenvalue weighted by molar-refractivity contribution is -0.151. The fourth-order valence-electron chi connectivity index (χ4n) is 1.50. The molecule has 6 heteroatoms. The van der Waals surface area contributed by atoms with Gasteiger partial charge in [0.2, 0.25) is 0 Å². The third-order valence-corrected chi connectivity index (χ3v) is 2.65. The van der Waals surface area contributed by atoms with Gasteiger partial charge < -0.3 is 9.64 Å². The minimum Gasteiger partial charge on any atom is -0.469 e. The summed E-state index contributed by atoms with van der Waals surface area (Å²) < 4.78 is 5.97. The summed E-state index contributed by atoms with van der Waals surface area (Å²) in [6.07, 6.45) is 1.59. The van der Waals surface area contributed by atoms with Gasteiger partial charge in [0.25, 0.3) is 5.56 Å². The third-order valence-electron chi connectivity index (χ3n) is 2.65. The second-order valence-corrected chi connectivity index (χ2v) is 4.98. The number of aromatic nitrogens is 2. The molecule has 0 aliphatic carbocycles. The van der Waals surface area contributed by atoms with Crippen LogP contribution in [0, 0.1) is 5.41 Å². The van der Waals surface area contributed by atoms with Crippen LogP contribution < -0.4 is 10.5 Å². The summed E-state index contributed by atoms with van der Waals surface area (Å²) in [5.74, 6) is -0.368. The van der Waals surface area contributed by atoms with Gasteiger partial charge in [-0.2, -0.15) is 5.10 Å². The summed E-state index contributed by atoms with van der Waals surface area (Å²) in [4.78, 5) is 25.2. The van der Waals surface area contributed by atoms with Gasteiger partial charge in [-0.3, -0.25) is 9.59 Å². The molecule has 18 heavy (non-hydrogen) atoms. The van der Waals surface area contributed by atoms with Gasteiger partial charge in [0, 0.05) is 20.2 Å². The molecule has 6 nitrogen and oxygen atoms in total. The van der Waals surface area contributed by atoms with Crippen LogP contribution in [0.3, 0.4) is 0 Å². The Kier molecular flexibility index (Phi) is 4.11. The summed E-state index contributed by atoms with van der Waals surface area (Å²) in [7, 11) is 4.99. The van der Waals surface area contributed by atoms with Crippen LogP contribution in [0.2, 0.25) is 0 Å². The molecule has 0 saturated heterocycles. The fraction of sp³-hybridized carbons (Fsp3) is 0.583. The minimum atomic E-state index is -0.786. The lowest BCUT2D eigenvalue weighted by Crippen LogP contribution is -2.36. The van der Waals surface area contributed by atoms with Gasteiger partial charge in [-0.05, 0) is 13.8 Å². The quantitative estimate of drug-likeness (QED) is 0.731. The number of rotatable bonds is 4. The first kappa shape index (κ1) is 14.2. The molecular formula is C12H19N3O3. The molecule has 0 amide bonds. The highest BCUT2D eigenvalue weighted by molar-refractivity contribution is 5.75. The molecule has 0 fully saturated rings. The average Bonchev–Trinajstić information content (AvgIpc) is 2.30. The Hall–Kier alpha value is -1.85. The highest BCUT2D eigenvalue weighted by Gasteiger charge is 2.30. The summed E-state index contributed by atoms with van der Waals surface area (Å²) in [6, 6.07) is 1.49. The molecule has 0 aromatic carbocycles. The molecule has 0 N–H and O–H groups in total. The minimum absolute atomic E-state index is 0.187. The highest BCUT2D eigenvalue weighted by atomic mass is 16.5. The van der Waals surface area contributed by atoms with E-state index in [1.807, 2.05) is 14.1 Å². The maximum Gasteiger partial charge on any atom is 0.313 e. The van der Waals surface area contributed by atoms with E-state index in [1.54, 1.807) is 24.9 Å². The molecule has 0 saturated carbocycles. The third kappa shape index (κ3) is 3.09. The summed E-state index contributed by atoms with van der Waals surface area (Å²) in [6.45, 7) is 3.62. The Morgan fingerprint density at radius 2 is 2.11 bits per heavy atom. The first-order valence-corrected chi connectivity index (χ1v) is 5.61. The topological polar surface area (TPSA) is 64.4 Å². The van der Waals surface area contributed by atoms with E-state index in [0.717, 1.165) is 5.69 Å². The molecule has 0 radical (unpaired) electrons.